The molecule has 1 fully saturated rings. The van der Waals surface area contributed by atoms with Gasteiger partial charge in [0.2, 0.25) is 5.95 Å². The normalized spacial score (nSPS) is 18.7. The number of nitrogens with zero attached hydrogens (tertiary/aromatic N) is 3. The van der Waals surface area contributed by atoms with Crippen LogP contribution in [0.3, 0.4) is 0 Å². The van der Waals surface area contributed by atoms with Crippen LogP contribution in [-0.2, 0) is 4.74 Å². The second kappa shape index (κ2) is 7.54. The van der Waals surface area contributed by atoms with Crippen molar-refractivity contribution in [3.05, 3.63) is 17.5 Å². The fourth-order valence-electron chi connectivity index (χ4n) is 2.86. The number of methoxy groups -OCH3 is 1. The van der Waals surface area contributed by atoms with Crippen molar-refractivity contribution in [2.45, 2.75) is 51.5 Å². The Labute approximate surface area is 132 Å². The molecule has 122 valence electrons. The Kier molecular flexibility index (Phi) is 5.71. The topological polar surface area (TPSA) is 81.3 Å². The number of aromatic nitrogens is 2. The van der Waals surface area contributed by atoms with Crippen molar-refractivity contribution >= 4 is 11.9 Å². The number of carbonyl (C=O) groups excluding carboxylic acids is 1. The third-order valence-corrected chi connectivity index (χ3v) is 4.12. The Morgan fingerprint density at radius 1 is 1.45 bits per heavy atom. The summed E-state index contributed by atoms with van der Waals surface area (Å²) in [7, 11) is 1.69. The molecule has 0 spiro atoms. The molecule has 1 aromatic rings. The van der Waals surface area contributed by atoms with E-state index in [9.17, 15) is 4.79 Å². The van der Waals surface area contributed by atoms with Crippen LogP contribution in [0.5, 0.6) is 0 Å². The number of hydrogen-bond acceptors (Lipinski definition) is 5. The summed E-state index contributed by atoms with van der Waals surface area (Å²) in [4.78, 5) is 23.1. The smallest absolute Gasteiger partial charge is 0.272 e. The number of ether oxygens (including phenoxy) is 1. The molecule has 0 radical (unpaired) electrons. The molecule has 1 atom stereocenters. The zero-order valence-electron chi connectivity index (χ0n) is 13.7. The number of hydrogen-bond donors (Lipinski definition) is 1. The van der Waals surface area contributed by atoms with Crippen molar-refractivity contribution < 1.29 is 9.53 Å². The quantitative estimate of drug-likeness (QED) is 0.902. The number of likely N-dealkylation sites (tertiary alicyclic amines) is 1. The van der Waals surface area contributed by atoms with Gasteiger partial charge in [-0.15, -0.1) is 0 Å². The van der Waals surface area contributed by atoms with E-state index < -0.39 is 0 Å². The van der Waals surface area contributed by atoms with Crippen LogP contribution in [0.2, 0.25) is 0 Å². The van der Waals surface area contributed by atoms with Gasteiger partial charge in [0.1, 0.15) is 5.69 Å². The highest BCUT2D eigenvalue weighted by molar-refractivity contribution is 5.93. The van der Waals surface area contributed by atoms with E-state index in [0.717, 1.165) is 37.9 Å². The first kappa shape index (κ1) is 16.7. The molecule has 1 aliphatic heterocycles. The predicted octanol–water partition coefficient (Wildman–Crippen LogP) is 2.21. The molecule has 0 saturated carbocycles. The second-order valence-electron chi connectivity index (χ2n) is 6.12. The van der Waals surface area contributed by atoms with Crippen molar-refractivity contribution in [2.75, 3.05) is 26.0 Å². The van der Waals surface area contributed by atoms with E-state index in [0.29, 0.717) is 12.3 Å². The van der Waals surface area contributed by atoms with E-state index in [4.69, 9.17) is 10.5 Å². The minimum absolute atomic E-state index is 0.0446. The van der Waals surface area contributed by atoms with Gasteiger partial charge in [0.25, 0.3) is 5.91 Å². The Morgan fingerprint density at radius 2 is 2.23 bits per heavy atom. The maximum absolute atomic E-state index is 12.8. The average Bonchev–Trinajstić information content (AvgIpc) is 2.51. The van der Waals surface area contributed by atoms with E-state index >= 15 is 0 Å². The molecular weight excluding hydrogens is 280 g/mol. The number of carbonyl (C=O) groups is 1. The van der Waals surface area contributed by atoms with Crippen LogP contribution in [0, 0.1) is 0 Å². The molecule has 1 aliphatic rings. The lowest BCUT2D eigenvalue weighted by atomic mass is 9.99. The van der Waals surface area contributed by atoms with Crippen LogP contribution in [0.15, 0.2) is 6.07 Å². The standard InChI is InChI=1S/C16H26N4O2/c1-11(2)13-10-14(19-16(17)18-13)15(21)20-8-5-4-6-12(20)7-9-22-3/h10-12H,4-9H2,1-3H3,(H2,17,18,19)/t12-/m0/s1. The SMILES string of the molecule is COCC[C@@H]1CCCCN1C(=O)c1cc(C(C)C)nc(N)n1. The van der Waals surface area contributed by atoms with Gasteiger partial charge in [0.05, 0.1) is 0 Å². The maximum Gasteiger partial charge on any atom is 0.272 e. The number of piperidine rings is 1. The summed E-state index contributed by atoms with van der Waals surface area (Å²) >= 11 is 0. The van der Waals surface area contributed by atoms with Crippen LogP contribution < -0.4 is 5.73 Å². The van der Waals surface area contributed by atoms with Gasteiger partial charge in [-0.05, 0) is 37.7 Å². The molecule has 22 heavy (non-hydrogen) atoms. The molecule has 0 bridgehead atoms. The van der Waals surface area contributed by atoms with Crippen molar-refractivity contribution in [3.8, 4) is 0 Å². The zero-order chi connectivity index (χ0) is 16.1. The third-order valence-electron chi connectivity index (χ3n) is 4.12. The van der Waals surface area contributed by atoms with Gasteiger partial charge < -0.3 is 15.4 Å². The summed E-state index contributed by atoms with van der Waals surface area (Å²) in [5, 5.41) is 0. The predicted molar refractivity (Wildman–Crippen MR) is 85.7 cm³/mol. The number of nitrogens with two attached hydrogens (primary N) is 1. The second-order valence-corrected chi connectivity index (χ2v) is 6.12. The van der Waals surface area contributed by atoms with Gasteiger partial charge in [-0.2, -0.15) is 0 Å². The first-order valence-corrected chi connectivity index (χ1v) is 7.97. The fraction of sp³-hybridized carbons (Fsp3) is 0.688. The van der Waals surface area contributed by atoms with Crippen molar-refractivity contribution in [1.82, 2.24) is 14.9 Å². The molecule has 1 aromatic heterocycles. The minimum atomic E-state index is -0.0446. The Hall–Kier alpha value is -1.69. The van der Waals surface area contributed by atoms with E-state index in [-0.39, 0.29) is 23.8 Å². The minimum Gasteiger partial charge on any atom is -0.385 e. The zero-order valence-corrected chi connectivity index (χ0v) is 13.7. The summed E-state index contributed by atoms with van der Waals surface area (Å²) in [6.45, 7) is 5.49. The lowest BCUT2D eigenvalue weighted by Crippen LogP contribution is -2.44. The molecular formula is C16H26N4O2. The molecule has 0 unspecified atom stereocenters. The average molecular weight is 306 g/mol. The molecule has 2 N–H and O–H groups in total. The third kappa shape index (κ3) is 3.94. The van der Waals surface area contributed by atoms with Gasteiger partial charge >= 0.3 is 0 Å². The molecule has 1 amide bonds. The van der Waals surface area contributed by atoms with Crippen LogP contribution in [-0.4, -0.2) is 47.1 Å². The van der Waals surface area contributed by atoms with Gasteiger partial charge in [0, 0.05) is 32.0 Å². The summed E-state index contributed by atoms with van der Waals surface area (Å²) in [5.74, 6) is 0.333. The first-order chi connectivity index (χ1) is 10.5. The molecule has 6 heteroatoms. The summed E-state index contributed by atoms with van der Waals surface area (Å²) < 4.78 is 5.16. The largest absolute Gasteiger partial charge is 0.385 e. The van der Waals surface area contributed by atoms with Gasteiger partial charge in [-0.3, -0.25) is 4.79 Å². The van der Waals surface area contributed by atoms with Crippen molar-refractivity contribution in [2.24, 2.45) is 0 Å². The molecule has 0 aliphatic carbocycles. The van der Waals surface area contributed by atoms with Gasteiger partial charge in [-0.1, -0.05) is 13.8 Å². The monoisotopic (exact) mass is 306 g/mol. The summed E-state index contributed by atoms with van der Waals surface area (Å²) in [6, 6.07) is 1.99. The Balaban J connectivity index is 2.21. The summed E-state index contributed by atoms with van der Waals surface area (Å²) in [5.41, 5.74) is 6.98. The Bertz CT molecular complexity index is 519. The molecule has 2 heterocycles. The number of nitrogen functional groups attached to an aromatic ring is 1. The molecule has 1 saturated heterocycles. The highest BCUT2D eigenvalue weighted by Crippen LogP contribution is 2.23. The first-order valence-electron chi connectivity index (χ1n) is 7.97. The van der Waals surface area contributed by atoms with Crippen LogP contribution >= 0.6 is 0 Å². The molecule has 6 nitrogen and oxygen atoms in total. The number of amides is 1. The van der Waals surface area contributed by atoms with Crippen LogP contribution in [0.25, 0.3) is 0 Å². The summed E-state index contributed by atoms with van der Waals surface area (Å²) in [6.07, 6.45) is 4.07. The van der Waals surface area contributed by atoms with E-state index in [1.54, 1.807) is 13.2 Å². The van der Waals surface area contributed by atoms with Crippen molar-refractivity contribution in [3.63, 3.8) is 0 Å². The van der Waals surface area contributed by atoms with E-state index in [1.807, 2.05) is 18.7 Å². The van der Waals surface area contributed by atoms with Gasteiger partial charge in [-0.25, -0.2) is 9.97 Å². The van der Waals surface area contributed by atoms with Crippen LogP contribution in [0.4, 0.5) is 5.95 Å². The molecule has 0 aromatic carbocycles. The van der Waals surface area contributed by atoms with Gasteiger partial charge in [0.15, 0.2) is 0 Å². The van der Waals surface area contributed by atoms with Crippen LogP contribution in [0.1, 0.15) is 61.6 Å². The van der Waals surface area contributed by atoms with E-state index in [1.165, 1.54) is 0 Å². The van der Waals surface area contributed by atoms with E-state index in [2.05, 4.69) is 9.97 Å². The lowest BCUT2D eigenvalue weighted by molar-refractivity contribution is 0.0547. The number of anilines is 1. The lowest BCUT2D eigenvalue weighted by Gasteiger charge is -2.35. The highest BCUT2D eigenvalue weighted by atomic mass is 16.5. The maximum atomic E-state index is 12.8. The Morgan fingerprint density at radius 3 is 2.91 bits per heavy atom. The van der Waals surface area contributed by atoms with Crippen molar-refractivity contribution in [1.29, 1.82) is 0 Å². The highest BCUT2D eigenvalue weighted by Gasteiger charge is 2.28. The number of rotatable bonds is 5. The fourth-order valence-corrected chi connectivity index (χ4v) is 2.86. The molecule has 2 rings (SSSR count).